The zero-order valence-corrected chi connectivity index (χ0v) is 14.8. The number of thioether (sulfide) groups is 1. The van der Waals surface area contributed by atoms with Crippen molar-refractivity contribution in [1.29, 1.82) is 0 Å². The lowest BCUT2D eigenvalue weighted by Gasteiger charge is -2.18. The fraction of sp³-hybridized carbons (Fsp3) is 0.312. The van der Waals surface area contributed by atoms with Crippen LogP contribution in [-0.2, 0) is 11.3 Å². The first-order valence-corrected chi connectivity index (χ1v) is 8.29. The predicted octanol–water partition coefficient (Wildman–Crippen LogP) is 2.80. The van der Waals surface area contributed by atoms with Gasteiger partial charge in [-0.2, -0.15) is 0 Å². The van der Waals surface area contributed by atoms with E-state index in [0.717, 1.165) is 0 Å². The average molecular weight is 352 g/mol. The summed E-state index contributed by atoms with van der Waals surface area (Å²) in [7, 11) is 3.40. The van der Waals surface area contributed by atoms with E-state index >= 15 is 0 Å². The molecule has 2 rings (SSSR count). The average Bonchev–Trinajstić information content (AvgIpc) is 2.51. The first kappa shape index (κ1) is 17.6. The summed E-state index contributed by atoms with van der Waals surface area (Å²) in [5.74, 6) is -0.0365. The number of aromatic nitrogens is 2. The summed E-state index contributed by atoms with van der Waals surface area (Å²) in [6.45, 7) is 5.79. The van der Waals surface area contributed by atoms with Crippen molar-refractivity contribution in [3.63, 3.8) is 0 Å². The minimum atomic E-state index is -0.349. The lowest BCUT2D eigenvalue weighted by atomic mass is 10.2. The van der Waals surface area contributed by atoms with Gasteiger partial charge in [0.25, 0.3) is 5.56 Å². The van der Waals surface area contributed by atoms with Crippen molar-refractivity contribution in [2.75, 3.05) is 14.1 Å². The fourth-order valence-electron chi connectivity index (χ4n) is 2.12. The van der Waals surface area contributed by atoms with Gasteiger partial charge in [-0.1, -0.05) is 29.4 Å². The van der Waals surface area contributed by atoms with Gasteiger partial charge in [0.05, 0.1) is 16.2 Å². The first-order chi connectivity index (χ1) is 10.8. The van der Waals surface area contributed by atoms with Gasteiger partial charge in [0.1, 0.15) is 0 Å². The van der Waals surface area contributed by atoms with Crippen LogP contribution in [0.5, 0.6) is 0 Å². The van der Waals surface area contributed by atoms with E-state index in [4.69, 9.17) is 11.6 Å². The van der Waals surface area contributed by atoms with Crippen LogP contribution in [0.25, 0.3) is 10.9 Å². The standard InChI is InChI=1S/C16H18ClN3O2S/c1-5-8-20-15(22)12-9-11(17)6-7-13(12)18-16(20)23-10(2)14(21)19(3)4/h5-7,9-10H,1,8H2,2-4H3/t10-/m0/s1. The largest absolute Gasteiger partial charge is 0.348 e. The number of carbonyl (C=O) groups is 1. The molecular formula is C16H18ClN3O2S. The molecule has 0 saturated heterocycles. The number of fused-ring (bicyclic) bond motifs is 1. The zero-order valence-electron chi connectivity index (χ0n) is 13.2. The number of benzene rings is 1. The number of hydrogen-bond donors (Lipinski definition) is 0. The molecule has 0 aliphatic heterocycles. The zero-order chi connectivity index (χ0) is 17.1. The highest BCUT2D eigenvalue weighted by Crippen LogP contribution is 2.24. The molecule has 5 nitrogen and oxygen atoms in total. The highest BCUT2D eigenvalue weighted by atomic mass is 35.5. The third-order valence-electron chi connectivity index (χ3n) is 3.26. The van der Waals surface area contributed by atoms with Crippen molar-refractivity contribution >= 4 is 40.2 Å². The Bertz CT molecular complexity index is 817. The van der Waals surface area contributed by atoms with E-state index in [2.05, 4.69) is 11.6 Å². The van der Waals surface area contributed by atoms with Crippen molar-refractivity contribution in [1.82, 2.24) is 14.5 Å². The summed E-state index contributed by atoms with van der Waals surface area (Å²) in [5.41, 5.74) is 0.371. The lowest BCUT2D eigenvalue weighted by Crippen LogP contribution is -2.31. The lowest BCUT2D eigenvalue weighted by molar-refractivity contribution is -0.127. The van der Waals surface area contributed by atoms with Gasteiger partial charge >= 0.3 is 0 Å². The Balaban J connectivity index is 2.56. The Hall–Kier alpha value is -1.79. The van der Waals surface area contributed by atoms with Crippen LogP contribution in [0.4, 0.5) is 0 Å². The second-order valence-electron chi connectivity index (χ2n) is 5.25. The number of allylic oxidation sites excluding steroid dienone is 1. The number of amides is 1. The number of hydrogen-bond acceptors (Lipinski definition) is 4. The van der Waals surface area contributed by atoms with Gasteiger partial charge < -0.3 is 4.90 Å². The molecule has 0 unspecified atom stereocenters. The molecule has 122 valence electrons. The number of nitrogens with zero attached hydrogens (tertiary/aromatic N) is 3. The normalized spacial score (nSPS) is 12.2. The quantitative estimate of drug-likeness (QED) is 0.472. The maximum absolute atomic E-state index is 12.7. The third kappa shape index (κ3) is 3.76. The number of rotatable bonds is 5. The molecule has 0 saturated carbocycles. The Labute approximate surface area is 144 Å². The summed E-state index contributed by atoms with van der Waals surface area (Å²) in [6, 6.07) is 5.01. The molecule has 0 spiro atoms. The highest BCUT2D eigenvalue weighted by molar-refractivity contribution is 8.00. The Morgan fingerprint density at radius 1 is 1.52 bits per heavy atom. The molecule has 23 heavy (non-hydrogen) atoms. The SMILES string of the molecule is C=CCn1c(S[C@@H](C)C(=O)N(C)C)nc2ccc(Cl)cc2c1=O. The van der Waals surface area contributed by atoms with E-state index in [-0.39, 0.29) is 16.7 Å². The van der Waals surface area contributed by atoms with Gasteiger partial charge in [-0.25, -0.2) is 4.98 Å². The summed E-state index contributed by atoms with van der Waals surface area (Å²) in [6.07, 6.45) is 1.63. The van der Waals surface area contributed by atoms with Crippen LogP contribution < -0.4 is 5.56 Å². The van der Waals surface area contributed by atoms with Gasteiger partial charge in [0.2, 0.25) is 5.91 Å². The molecule has 1 amide bonds. The van der Waals surface area contributed by atoms with Crippen LogP contribution >= 0.6 is 23.4 Å². The van der Waals surface area contributed by atoms with Crippen molar-refractivity contribution < 1.29 is 4.79 Å². The number of halogens is 1. The van der Waals surface area contributed by atoms with Crippen molar-refractivity contribution in [3.05, 3.63) is 46.2 Å². The van der Waals surface area contributed by atoms with E-state index in [1.54, 1.807) is 45.3 Å². The summed E-state index contributed by atoms with van der Waals surface area (Å²) >= 11 is 7.23. The van der Waals surface area contributed by atoms with Crippen LogP contribution in [0.15, 0.2) is 40.8 Å². The molecule has 7 heteroatoms. The van der Waals surface area contributed by atoms with Crippen LogP contribution in [0.3, 0.4) is 0 Å². The topological polar surface area (TPSA) is 55.2 Å². The first-order valence-electron chi connectivity index (χ1n) is 7.04. The molecule has 2 aromatic rings. The maximum atomic E-state index is 12.7. The van der Waals surface area contributed by atoms with Gasteiger partial charge in [-0.15, -0.1) is 6.58 Å². The summed E-state index contributed by atoms with van der Waals surface area (Å²) in [5, 5.41) is 1.08. The Morgan fingerprint density at radius 2 is 2.22 bits per heavy atom. The van der Waals surface area contributed by atoms with E-state index in [9.17, 15) is 9.59 Å². The summed E-state index contributed by atoms with van der Waals surface area (Å²) in [4.78, 5) is 30.8. The molecule has 0 aliphatic carbocycles. The van der Waals surface area contributed by atoms with Gasteiger partial charge in [-0.05, 0) is 25.1 Å². The van der Waals surface area contributed by atoms with E-state index in [0.29, 0.717) is 27.6 Å². The monoisotopic (exact) mass is 351 g/mol. The highest BCUT2D eigenvalue weighted by Gasteiger charge is 2.20. The van der Waals surface area contributed by atoms with Crippen molar-refractivity contribution in [2.45, 2.75) is 23.9 Å². The van der Waals surface area contributed by atoms with E-state index < -0.39 is 0 Å². The smallest absolute Gasteiger partial charge is 0.262 e. The Morgan fingerprint density at radius 3 is 2.83 bits per heavy atom. The van der Waals surface area contributed by atoms with E-state index in [1.165, 1.54) is 21.2 Å². The van der Waals surface area contributed by atoms with Crippen LogP contribution in [0.2, 0.25) is 5.02 Å². The molecular weight excluding hydrogens is 334 g/mol. The third-order valence-corrected chi connectivity index (χ3v) is 4.58. The number of carbonyl (C=O) groups excluding carboxylic acids is 1. The van der Waals surface area contributed by atoms with Gasteiger partial charge in [-0.3, -0.25) is 14.2 Å². The predicted molar refractivity (Wildman–Crippen MR) is 95.2 cm³/mol. The van der Waals surface area contributed by atoms with Crippen LogP contribution in [-0.4, -0.2) is 39.7 Å². The Kier molecular flexibility index (Phi) is 5.49. The summed E-state index contributed by atoms with van der Waals surface area (Å²) < 4.78 is 1.51. The van der Waals surface area contributed by atoms with Crippen molar-refractivity contribution in [2.24, 2.45) is 0 Å². The molecule has 1 aromatic carbocycles. The van der Waals surface area contributed by atoms with Crippen molar-refractivity contribution in [3.8, 4) is 0 Å². The van der Waals surface area contributed by atoms with Gasteiger partial charge in [0, 0.05) is 25.7 Å². The molecule has 1 aromatic heterocycles. The van der Waals surface area contributed by atoms with E-state index in [1.807, 2.05) is 0 Å². The fourth-order valence-corrected chi connectivity index (χ4v) is 3.36. The molecule has 1 heterocycles. The molecule has 0 radical (unpaired) electrons. The van der Waals surface area contributed by atoms with Crippen LogP contribution in [0, 0.1) is 0 Å². The molecule has 0 fully saturated rings. The van der Waals surface area contributed by atoms with Crippen LogP contribution in [0.1, 0.15) is 6.92 Å². The van der Waals surface area contributed by atoms with Gasteiger partial charge in [0.15, 0.2) is 5.16 Å². The second-order valence-corrected chi connectivity index (χ2v) is 7.00. The molecule has 1 atom stereocenters. The minimum absolute atomic E-state index is 0.0365. The molecule has 0 aliphatic rings. The maximum Gasteiger partial charge on any atom is 0.262 e. The second kappa shape index (κ2) is 7.19. The molecule has 0 bridgehead atoms. The molecule has 0 N–H and O–H groups in total. The minimum Gasteiger partial charge on any atom is -0.348 e.